The second-order valence-corrected chi connectivity index (χ2v) is 11.1. The molecule has 0 saturated carbocycles. The van der Waals surface area contributed by atoms with Crippen molar-refractivity contribution in [3.63, 3.8) is 0 Å². The Kier molecular flexibility index (Phi) is 8.55. The van der Waals surface area contributed by atoms with Crippen LogP contribution in [0, 0.1) is 5.92 Å². The van der Waals surface area contributed by atoms with Gasteiger partial charge >= 0.3 is 0 Å². The van der Waals surface area contributed by atoms with Gasteiger partial charge in [0.25, 0.3) is 5.91 Å². The Hall–Kier alpha value is -3.73. The number of nitrogens with zero attached hydrogens (tertiary/aromatic N) is 3. The number of carbonyl (C=O) groups excluding carboxylic acids is 1. The number of likely N-dealkylation sites (tertiary alicyclic amines) is 1. The highest BCUT2D eigenvalue weighted by molar-refractivity contribution is 6.03. The topological polar surface area (TPSA) is 117 Å². The Morgan fingerprint density at radius 2 is 1.81 bits per heavy atom. The highest BCUT2D eigenvalue weighted by Crippen LogP contribution is 2.42. The van der Waals surface area contributed by atoms with Crippen LogP contribution in [0.3, 0.4) is 0 Å². The molecule has 3 N–H and O–H groups in total. The Morgan fingerprint density at radius 3 is 2.60 bits per heavy atom. The molecule has 6 rings (SSSR count). The molecule has 2 fully saturated rings. The Balaban J connectivity index is 1.24. The van der Waals surface area contributed by atoms with Crippen LogP contribution >= 0.6 is 0 Å². The van der Waals surface area contributed by atoms with E-state index >= 15 is 0 Å². The number of hydrogen-bond donors (Lipinski definition) is 3. The summed E-state index contributed by atoms with van der Waals surface area (Å²) in [4.78, 5) is 24.2. The van der Waals surface area contributed by atoms with Crippen molar-refractivity contribution in [2.45, 2.75) is 50.9 Å². The molecule has 9 nitrogen and oxygen atoms in total. The highest BCUT2D eigenvalue weighted by atomic mass is 16.7. The molecule has 0 bridgehead atoms. The molecule has 4 aromatic rings. The van der Waals surface area contributed by atoms with Crippen molar-refractivity contribution < 1.29 is 24.5 Å². The van der Waals surface area contributed by atoms with E-state index in [0.29, 0.717) is 17.7 Å². The summed E-state index contributed by atoms with van der Waals surface area (Å²) in [5.74, 6) is -0.316. The summed E-state index contributed by atoms with van der Waals surface area (Å²) < 4.78 is 13.2. The van der Waals surface area contributed by atoms with Gasteiger partial charge in [0.05, 0.1) is 42.7 Å². The van der Waals surface area contributed by atoms with Gasteiger partial charge in [-0.3, -0.25) is 14.7 Å². The number of aromatic nitrogens is 2. The average Bonchev–Trinajstić information content (AvgIpc) is 3.49. The standard InChI is InChI=1S/C33H36N4O5/c1-21-30(18-37-15-5-8-26(37)20-39)41-33(42-31(21)23-13-11-22(19-38)12-14-23)24-6-4-7-25(16-24)35-32(40)29-17-34-27-9-2-3-10-28(27)36-29/h2-4,6-7,9-14,16-17,21,26,30-31,33,38-39H,5,8,15,18-20H2,1H3,(H,35,40). The lowest BCUT2D eigenvalue weighted by Gasteiger charge is -2.43. The van der Waals surface area contributed by atoms with Crippen LogP contribution < -0.4 is 5.32 Å². The van der Waals surface area contributed by atoms with Crippen molar-refractivity contribution in [3.05, 3.63) is 101 Å². The van der Waals surface area contributed by atoms with Gasteiger partial charge in [-0.1, -0.05) is 55.5 Å². The van der Waals surface area contributed by atoms with Crippen LogP contribution in [0.1, 0.15) is 59.3 Å². The first-order valence-corrected chi connectivity index (χ1v) is 14.5. The molecule has 2 saturated heterocycles. The van der Waals surface area contributed by atoms with Crippen LogP contribution in [0.25, 0.3) is 11.0 Å². The summed E-state index contributed by atoms with van der Waals surface area (Å²) in [5, 5.41) is 22.4. The molecule has 9 heteroatoms. The zero-order valence-corrected chi connectivity index (χ0v) is 23.6. The van der Waals surface area contributed by atoms with Crippen LogP contribution in [0.4, 0.5) is 5.69 Å². The van der Waals surface area contributed by atoms with Gasteiger partial charge in [0.15, 0.2) is 6.29 Å². The predicted molar refractivity (Wildman–Crippen MR) is 159 cm³/mol. The minimum Gasteiger partial charge on any atom is -0.395 e. The fourth-order valence-electron chi connectivity index (χ4n) is 5.93. The van der Waals surface area contributed by atoms with E-state index in [1.807, 2.05) is 72.8 Å². The third-order valence-electron chi connectivity index (χ3n) is 8.35. The summed E-state index contributed by atoms with van der Waals surface area (Å²) >= 11 is 0. The number of aliphatic hydroxyl groups is 2. The van der Waals surface area contributed by atoms with E-state index < -0.39 is 6.29 Å². The summed E-state index contributed by atoms with van der Waals surface area (Å²) in [6.07, 6.45) is 2.45. The third kappa shape index (κ3) is 6.06. The van der Waals surface area contributed by atoms with Gasteiger partial charge in [-0.15, -0.1) is 0 Å². The number of benzene rings is 3. The number of fused-ring (bicyclic) bond motifs is 1. The van der Waals surface area contributed by atoms with E-state index in [4.69, 9.17) is 9.47 Å². The largest absolute Gasteiger partial charge is 0.395 e. The molecular weight excluding hydrogens is 532 g/mol. The van der Waals surface area contributed by atoms with Crippen LogP contribution in [-0.2, 0) is 16.1 Å². The lowest BCUT2D eigenvalue weighted by molar-refractivity contribution is -0.276. The molecule has 3 aromatic carbocycles. The van der Waals surface area contributed by atoms with E-state index in [2.05, 4.69) is 27.1 Å². The monoisotopic (exact) mass is 568 g/mol. The van der Waals surface area contributed by atoms with Gasteiger partial charge in [0, 0.05) is 29.8 Å². The maximum atomic E-state index is 13.1. The van der Waals surface area contributed by atoms with Crippen molar-refractivity contribution >= 4 is 22.6 Å². The van der Waals surface area contributed by atoms with Crippen LogP contribution in [-0.4, -0.2) is 62.8 Å². The van der Waals surface area contributed by atoms with E-state index in [9.17, 15) is 15.0 Å². The second-order valence-electron chi connectivity index (χ2n) is 11.1. The summed E-state index contributed by atoms with van der Waals surface area (Å²) in [6.45, 7) is 3.87. The summed E-state index contributed by atoms with van der Waals surface area (Å²) in [7, 11) is 0. The van der Waals surface area contributed by atoms with Crippen LogP contribution in [0.15, 0.2) is 79.0 Å². The number of ether oxygens (including phenoxy) is 2. The summed E-state index contributed by atoms with van der Waals surface area (Å²) in [6, 6.07) is 22.9. The highest BCUT2D eigenvalue weighted by Gasteiger charge is 2.40. The lowest BCUT2D eigenvalue weighted by Crippen LogP contribution is -2.46. The first kappa shape index (κ1) is 28.4. The van der Waals surface area contributed by atoms with Crippen molar-refractivity contribution in [3.8, 4) is 0 Å². The van der Waals surface area contributed by atoms with Gasteiger partial charge in [0.1, 0.15) is 5.69 Å². The number of hydrogen-bond acceptors (Lipinski definition) is 8. The molecule has 2 aliphatic heterocycles. The number of nitrogens with one attached hydrogen (secondary N) is 1. The number of para-hydroxylation sites is 2. The number of rotatable bonds is 8. The molecule has 5 atom stereocenters. The van der Waals surface area contributed by atoms with Crippen LogP contribution in [0.5, 0.6) is 0 Å². The fraction of sp³-hybridized carbons (Fsp3) is 0.364. The van der Waals surface area contributed by atoms with Crippen molar-refractivity contribution in [1.82, 2.24) is 14.9 Å². The minimum absolute atomic E-state index is 0.0173. The molecule has 0 spiro atoms. The number of carbonyl (C=O) groups is 1. The quantitative estimate of drug-likeness (QED) is 0.282. The fourth-order valence-corrected chi connectivity index (χ4v) is 5.93. The Morgan fingerprint density at radius 1 is 1.00 bits per heavy atom. The van der Waals surface area contributed by atoms with E-state index in [0.717, 1.165) is 41.6 Å². The molecule has 1 aromatic heterocycles. The zero-order valence-electron chi connectivity index (χ0n) is 23.6. The maximum absolute atomic E-state index is 13.1. The zero-order chi connectivity index (χ0) is 29.1. The summed E-state index contributed by atoms with van der Waals surface area (Å²) in [5.41, 5.74) is 4.85. The first-order chi connectivity index (χ1) is 20.5. The van der Waals surface area contributed by atoms with Crippen LogP contribution in [0.2, 0.25) is 0 Å². The molecule has 3 heterocycles. The molecule has 0 aliphatic carbocycles. The number of amides is 1. The van der Waals surface area contributed by atoms with E-state index in [-0.39, 0.29) is 49.0 Å². The molecule has 1 amide bonds. The van der Waals surface area contributed by atoms with Crippen molar-refractivity contribution in [2.75, 3.05) is 25.0 Å². The first-order valence-electron chi connectivity index (χ1n) is 14.5. The molecule has 0 radical (unpaired) electrons. The normalized spacial score (nSPS) is 24.6. The van der Waals surface area contributed by atoms with Crippen molar-refractivity contribution in [1.29, 1.82) is 0 Å². The average molecular weight is 569 g/mol. The minimum atomic E-state index is -0.666. The van der Waals surface area contributed by atoms with Gasteiger partial charge in [-0.2, -0.15) is 0 Å². The van der Waals surface area contributed by atoms with Gasteiger partial charge in [-0.05, 0) is 54.8 Å². The van der Waals surface area contributed by atoms with Crippen molar-refractivity contribution in [2.24, 2.45) is 5.92 Å². The SMILES string of the molecule is CC1C(CN2CCCC2CO)OC(c2cccc(NC(=O)c3cnc4ccccc4n3)c2)OC1c1ccc(CO)cc1. The smallest absolute Gasteiger partial charge is 0.275 e. The lowest BCUT2D eigenvalue weighted by atomic mass is 9.90. The second kappa shape index (κ2) is 12.6. The molecule has 218 valence electrons. The Bertz CT molecular complexity index is 1530. The molecule has 42 heavy (non-hydrogen) atoms. The number of anilines is 1. The molecular formula is C33H36N4O5. The number of aliphatic hydroxyl groups excluding tert-OH is 2. The van der Waals surface area contributed by atoms with E-state index in [1.54, 1.807) is 0 Å². The Labute approximate surface area is 245 Å². The molecule has 5 unspecified atom stereocenters. The van der Waals surface area contributed by atoms with Gasteiger partial charge in [-0.25, -0.2) is 4.98 Å². The third-order valence-corrected chi connectivity index (χ3v) is 8.35. The predicted octanol–water partition coefficient (Wildman–Crippen LogP) is 4.62. The van der Waals surface area contributed by atoms with E-state index in [1.165, 1.54) is 6.20 Å². The maximum Gasteiger partial charge on any atom is 0.275 e. The van der Waals surface area contributed by atoms with Gasteiger partial charge < -0.3 is 25.0 Å². The van der Waals surface area contributed by atoms with Gasteiger partial charge in [0.2, 0.25) is 0 Å². The molecule has 2 aliphatic rings.